The molecule has 0 radical (unpaired) electrons. The van der Waals surface area contributed by atoms with Gasteiger partial charge in [0.2, 0.25) is 5.89 Å². The predicted molar refractivity (Wildman–Crippen MR) is 82.3 cm³/mol. The molecule has 122 valence electrons. The lowest BCUT2D eigenvalue weighted by Gasteiger charge is -2.11. The van der Waals surface area contributed by atoms with E-state index in [1.54, 1.807) is 0 Å². The molecule has 9 heteroatoms. The lowest BCUT2D eigenvalue weighted by atomic mass is 10.2. The molecular formula is C14H16N4O4S. The van der Waals surface area contributed by atoms with Crippen LogP contribution in [0.4, 0.5) is 4.79 Å². The first-order valence-corrected chi connectivity index (χ1v) is 8.04. The maximum absolute atomic E-state index is 11.7. The molecule has 0 unspecified atom stereocenters. The molecule has 3 N–H and O–H groups in total. The van der Waals surface area contributed by atoms with Crippen LogP contribution in [0.15, 0.2) is 28.2 Å². The fourth-order valence-corrected chi connectivity index (χ4v) is 2.76. The monoisotopic (exact) mass is 336 g/mol. The molecule has 1 aliphatic rings. The molecule has 0 aliphatic carbocycles. The number of nitrogens with one attached hydrogen (secondary N) is 3. The van der Waals surface area contributed by atoms with Crippen molar-refractivity contribution in [2.45, 2.75) is 25.5 Å². The Morgan fingerprint density at radius 2 is 2.30 bits per heavy atom. The molecule has 3 amide bonds. The van der Waals surface area contributed by atoms with Crippen molar-refractivity contribution >= 4 is 23.3 Å². The van der Waals surface area contributed by atoms with Gasteiger partial charge in [0, 0.05) is 6.61 Å². The second kappa shape index (κ2) is 7.25. The smallest absolute Gasteiger partial charge is 0.333 e. The van der Waals surface area contributed by atoms with Crippen LogP contribution >= 0.6 is 11.3 Å². The number of hydrazine groups is 1. The van der Waals surface area contributed by atoms with E-state index < -0.39 is 12.1 Å². The number of urea groups is 1. The number of amides is 3. The number of carbonyl (C=O) groups excluding carboxylic acids is 2. The minimum Gasteiger partial charge on any atom is -0.443 e. The number of thiophene rings is 1. The zero-order valence-corrected chi connectivity index (χ0v) is 13.0. The van der Waals surface area contributed by atoms with E-state index in [9.17, 15) is 9.59 Å². The quantitative estimate of drug-likeness (QED) is 0.732. The molecule has 8 nitrogen and oxygen atoms in total. The van der Waals surface area contributed by atoms with Crippen LogP contribution in [0.1, 0.15) is 18.5 Å². The van der Waals surface area contributed by atoms with Crippen LogP contribution in [-0.2, 0) is 16.1 Å². The number of oxazole rings is 1. The van der Waals surface area contributed by atoms with Gasteiger partial charge in [0.05, 0.1) is 17.1 Å². The highest BCUT2D eigenvalue weighted by molar-refractivity contribution is 7.13. The van der Waals surface area contributed by atoms with E-state index in [-0.39, 0.29) is 12.5 Å². The van der Waals surface area contributed by atoms with E-state index in [1.165, 1.54) is 17.6 Å². The number of carbonyl (C=O) groups is 2. The molecule has 0 aromatic carbocycles. The number of hydrogen-bond acceptors (Lipinski definition) is 6. The van der Waals surface area contributed by atoms with Crippen LogP contribution < -0.4 is 16.2 Å². The third-order valence-electron chi connectivity index (χ3n) is 3.24. The minimum atomic E-state index is -0.531. The fraction of sp³-hybridized carbons (Fsp3) is 0.357. The topological polar surface area (TPSA) is 105 Å². The highest BCUT2D eigenvalue weighted by atomic mass is 32.1. The average molecular weight is 336 g/mol. The van der Waals surface area contributed by atoms with Crippen LogP contribution in [0.2, 0.25) is 0 Å². The molecule has 2 aromatic rings. The molecule has 1 fully saturated rings. The van der Waals surface area contributed by atoms with Gasteiger partial charge in [-0.15, -0.1) is 11.3 Å². The van der Waals surface area contributed by atoms with E-state index in [0.717, 1.165) is 11.3 Å². The van der Waals surface area contributed by atoms with Crippen molar-refractivity contribution in [2.75, 3.05) is 6.61 Å². The van der Waals surface area contributed by atoms with Crippen molar-refractivity contribution in [1.82, 2.24) is 21.2 Å². The Kier molecular flexibility index (Phi) is 4.89. The zero-order chi connectivity index (χ0) is 16.1. The molecular weight excluding hydrogens is 320 g/mol. The van der Waals surface area contributed by atoms with E-state index in [2.05, 4.69) is 21.2 Å². The Hall–Kier alpha value is -2.39. The van der Waals surface area contributed by atoms with Gasteiger partial charge < -0.3 is 14.5 Å². The summed E-state index contributed by atoms with van der Waals surface area (Å²) >= 11 is 1.52. The average Bonchev–Trinajstić information content (AvgIpc) is 3.32. The second-order valence-corrected chi connectivity index (χ2v) is 5.87. The molecule has 0 spiro atoms. The van der Waals surface area contributed by atoms with Gasteiger partial charge in [-0.2, -0.15) is 0 Å². The van der Waals surface area contributed by atoms with E-state index in [0.29, 0.717) is 24.6 Å². The van der Waals surface area contributed by atoms with Gasteiger partial charge in [-0.05, 0) is 24.3 Å². The molecule has 3 heterocycles. The molecule has 0 saturated carbocycles. The fourth-order valence-electron chi connectivity index (χ4n) is 2.10. The first-order valence-electron chi connectivity index (χ1n) is 7.16. The molecule has 3 rings (SSSR count). The van der Waals surface area contributed by atoms with Crippen molar-refractivity contribution in [3.05, 3.63) is 29.5 Å². The normalized spacial score (nSPS) is 17.0. The van der Waals surface area contributed by atoms with Gasteiger partial charge in [0.25, 0.3) is 5.91 Å². The molecule has 23 heavy (non-hydrogen) atoms. The molecule has 1 aliphatic heterocycles. The van der Waals surface area contributed by atoms with Crippen molar-refractivity contribution in [3.63, 3.8) is 0 Å². The lowest BCUT2D eigenvalue weighted by Crippen LogP contribution is -2.49. The van der Waals surface area contributed by atoms with Crippen molar-refractivity contribution in [2.24, 2.45) is 0 Å². The highest BCUT2D eigenvalue weighted by Crippen LogP contribution is 2.23. The Labute approximate surface area is 136 Å². The number of nitrogens with zero attached hydrogens (tertiary/aromatic N) is 1. The summed E-state index contributed by atoms with van der Waals surface area (Å²) in [7, 11) is 0. The molecule has 1 atom stereocenters. The van der Waals surface area contributed by atoms with Crippen LogP contribution in [0.3, 0.4) is 0 Å². The number of aromatic nitrogens is 1. The Bertz CT molecular complexity index is 664. The number of hydrogen-bond donors (Lipinski definition) is 3. The van der Waals surface area contributed by atoms with E-state index in [4.69, 9.17) is 9.15 Å². The van der Waals surface area contributed by atoms with E-state index in [1.807, 2.05) is 17.5 Å². The lowest BCUT2D eigenvalue weighted by molar-refractivity contribution is -0.130. The summed E-state index contributed by atoms with van der Waals surface area (Å²) in [5.41, 5.74) is 5.19. The summed E-state index contributed by atoms with van der Waals surface area (Å²) < 4.78 is 10.6. The van der Waals surface area contributed by atoms with Gasteiger partial charge in [-0.25, -0.2) is 15.2 Å². The van der Waals surface area contributed by atoms with Crippen molar-refractivity contribution in [1.29, 1.82) is 0 Å². The minimum absolute atomic E-state index is 0.191. The largest absolute Gasteiger partial charge is 0.443 e. The summed E-state index contributed by atoms with van der Waals surface area (Å²) in [5.74, 6) is 0.169. The number of rotatable bonds is 4. The van der Waals surface area contributed by atoms with Crippen molar-refractivity contribution < 1.29 is 18.7 Å². The third kappa shape index (κ3) is 4.08. The summed E-state index contributed by atoms with van der Waals surface area (Å²) in [6.45, 7) is 0.763. The second-order valence-electron chi connectivity index (χ2n) is 4.92. The maximum Gasteiger partial charge on any atom is 0.333 e. The first kappa shape index (κ1) is 15.5. The van der Waals surface area contributed by atoms with Gasteiger partial charge in [-0.3, -0.25) is 10.2 Å². The summed E-state index contributed by atoms with van der Waals surface area (Å²) in [5, 5.41) is 4.51. The van der Waals surface area contributed by atoms with Crippen LogP contribution in [0.5, 0.6) is 0 Å². The van der Waals surface area contributed by atoms with Crippen LogP contribution in [-0.4, -0.2) is 29.6 Å². The Morgan fingerprint density at radius 1 is 1.39 bits per heavy atom. The SMILES string of the molecule is O=C(NCc1coc(-c2cccs2)n1)NNC(=O)[C@@H]1CCCO1. The summed E-state index contributed by atoms with van der Waals surface area (Å²) in [4.78, 5) is 28.5. The molecule has 0 bridgehead atoms. The van der Waals surface area contributed by atoms with Gasteiger partial charge in [0.1, 0.15) is 12.4 Å². The highest BCUT2D eigenvalue weighted by Gasteiger charge is 2.23. The summed E-state index contributed by atoms with van der Waals surface area (Å²) in [6.07, 6.45) is 2.52. The standard InChI is InChI=1S/C14H16N4O4S/c19-12(10-3-1-5-21-10)17-18-14(20)15-7-9-8-22-13(16-9)11-4-2-6-23-11/h2,4,6,8,10H,1,3,5,7H2,(H,17,19)(H2,15,18,20)/t10-/m0/s1. The number of ether oxygens (including phenoxy) is 1. The van der Waals surface area contributed by atoms with Gasteiger partial charge in [-0.1, -0.05) is 6.07 Å². The first-order chi connectivity index (χ1) is 11.2. The molecule has 1 saturated heterocycles. The maximum atomic E-state index is 11.7. The Morgan fingerprint density at radius 3 is 3.04 bits per heavy atom. The zero-order valence-electron chi connectivity index (χ0n) is 12.2. The van der Waals surface area contributed by atoms with E-state index >= 15 is 0 Å². The van der Waals surface area contributed by atoms with Crippen LogP contribution in [0.25, 0.3) is 10.8 Å². The van der Waals surface area contributed by atoms with Crippen molar-refractivity contribution in [3.8, 4) is 10.8 Å². The molecule has 2 aromatic heterocycles. The predicted octanol–water partition coefficient (Wildman–Crippen LogP) is 1.41. The third-order valence-corrected chi connectivity index (χ3v) is 4.09. The van der Waals surface area contributed by atoms with Crippen LogP contribution in [0, 0.1) is 0 Å². The summed E-state index contributed by atoms with van der Waals surface area (Å²) in [6, 6.07) is 3.28. The van der Waals surface area contributed by atoms with Gasteiger partial charge in [0.15, 0.2) is 0 Å². The van der Waals surface area contributed by atoms with Gasteiger partial charge >= 0.3 is 6.03 Å². The Balaban J connectivity index is 1.41.